The first kappa shape index (κ1) is 19.9. The molecule has 2 N–H and O–H groups in total. The highest BCUT2D eigenvalue weighted by atomic mass is 32.2. The van der Waals surface area contributed by atoms with Gasteiger partial charge in [0.05, 0.1) is 10.6 Å². The molecule has 27 heavy (non-hydrogen) atoms. The number of nitrogens with zero attached hydrogens (tertiary/aromatic N) is 2. The zero-order valence-electron chi connectivity index (χ0n) is 15.7. The van der Waals surface area contributed by atoms with E-state index in [-0.39, 0.29) is 11.8 Å². The Morgan fingerprint density at radius 2 is 2.26 bits per heavy atom. The van der Waals surface area contributed by atoms with E-state index in [0.717, 1.165) is 35.9 Å². The first-order valence-corrected chi connectivity index (χ1v) is 10.9. The van der Waals surface area contributed by atoms with Crippen molar-refractivity contribution in [2.24, 2.45) is 5.92 Å². The number of carbonyl (C=O) groups is 2. The van der Waals surface area contributed by atoms with Crippen molar-refractivity contribution in [2.75, 3.05) is 5.75 Å². The fourth-order valence-corrected chi connectivity index (χ4v) is 4.52. The van der Waals surface area contributed by atoms with Crippen LogP contribution >= 0.6 is 23.1 Å². The molecule has 0 aliphatic heterocycles. The quantitative estimate of drug-likeness (QED) is 0.708. The smallest absolute Gasteiger partial charge is 0.321 e. The van der Waals surface area contributed by atoms with E-state index < -0.39 is 11.9 Å². The Bertz CT molecular complexity index is 817. The number of carbonyl (C=O) groups excluding carboxylic acids is 2. The van der Waals surface area contributed by atoms with Crippen molar-refractivity contribution < 1.29 is 14.0 Å². The van der Waals surface area contributed by atoms with E-state index >= 15 is 0 Å². The molecule has 2 aromatic rings. The zero-order chi connectivity index (χ0) is 19.4. The SMILES string of the molecule is CC[C@@H](C)NC(=O)NC(=O)CSc1nnc(-c2cc3c(s2)CC[C@@H](C)C3)o1. The summed E-state index contributed by atoms with van der Waals surface area (Å²) in [6.45, 7) is 6.11. The van der Waals surface area contributed by atoms with Crippen LogP contribution in [0.5, 0.6) is 0 Å². The highest BCUT2D eigenvalue weighted by Crippen LogP contribution is 2.37. The van der Waals surface area contributed by atoms with Crippen LogP contribution in [0.15, 0.2) is 15.7 Å². The molecule has 0 aromatic carbocycles. The molecule has 0 saturated heterocycles. The number of thioether (sulfide) groups is 1. The molecule has 146 valence electrons. The van der Waals surface area contributed by atoms with Crippen LogP contribution in [0.4, 0.5) is 4.79 Å². The number of nitrogens with one attached hydrogen (secondary N) is 2. The first-order valence-electron chi connectivity index (χ1n) is 9.13. The number of fused-ring (bicyclic) bond motifs is 1. The summed E-state index contributed by atoms with van der Waals surface area (Å²) in [5.41, 5.74) is 1.38. The van der Waals surface area contributed by atoms with Gasteiger partial charge in [-0.05, 0) is 50.2 Å². The average molecular weight is 409 g/mol. The van der Waals surface area contributed by atoms with Gasteiger partial charge in [-0.15, -0.1) is 21.5 Å². The van der Waals surface area contributed by atoms with Crippen molar-refractivity contribution >= 4 is 35.0 Å². The van der Waals surface area contributed by atoms with Crippen molar-refractivity contribution in [1.82, 2.24) is 20.8 Å². The van der Waals surface area contributed by atoms with E-state index in [9.17, 15) is 9.59 Å². The average Bonchev–Trinajstić information content (AvgIpc) is 3.25. The number of rotatable bonds is 6. The molecule has 0 fully saturated rings. The van der Waals surface area contributed by atoms with Gasteiger partial charge in [-0.1, -0.05) is 25.6 Å². The number of amides is 3. The number of thiophene rings is 1. The molecule has 0 unspecified atom stereocenters. The van der Waals surface area contributed by atoms with Crippen LogP contribution in [0, 0.1) is 5.92 Å². The van der Waals surface area contributed by atoms with Crippen LogP contribution in [0.25, 0.3) is 10.8 Å². The maximum atomic E-state index is 11.9. The Morgan fingerprint density at radius 3 is 3.04 bits per heavy atom. The molecule has 1 aliphatic rings. The van der Waals surface area contributed by atoms with E-state index in [0.29, 0.717) is 17.0 Å². The molecule has 0 spiro atoms. The minimum absolute atomic E-state index is 0.0172. The van der Waals surface area contributed by atoms with Gasteiger partial charge in [0.2, 0.25) is 5.91 Å². The lowest BCUT2D eigenvalue weighted by molar-refractivity contribution is -0.117. The maximum absolute atomic E-state index is 11.9. The predicted molar refractivity (Wildman–Crippen MR) is 106 cm³/mol. The Kier molecular flexibility index (Phi) is 6.54. The topological polar surface area (TPSA) is 97.1 Å². The lowest BCUT2D eigenvalue weighted by atomic mass is 9.90. The minimum atomic E-state index is -0.487. The summed E-state index contributed by atoms with van der Waals surface area (Å²) in [7, 11) is 0. The fourth-order valence-electron chi connectivity index (χ4n) is 2.83. The van der Waals surface area contributed by atoms with Gasteiger partial charge in [-0.2, -0.15) is 0 Å². The summed E-state index contributed by atoms with van der Waals surface area (Å²) in [6, 6.07) is 1.67. The van der Waals surface area contributed by atoms with Crippen LogP contribution in [0.2, 0.25) is 0 Å². The minimum Gasteiger partial charge on any atom is -0.410 e. The van der Waals surface area contributed by atoms with Crippen molar-refractivity contribution in [2.45, 2.75) is 57.7 Å². The van der Waals surface area contributed by atoms with Gasteiger partial charge in [-0.3, -0.25) is 10.1 Å². The summed E-state index contributed by atoms with van der Waals surface area (Å²) >= 11 is 2.82. The third-order valence-electron chi connectivity index (χ3n) is 4.52. The second-order valence-corrected chi connectivity index (χ2v) is 8.96. The molecular formula is C18H24N4O3S2. The molecule has 2 aromatic heterocycles. The number of aromatic nitrogens is 2. The summed E-state index contributed by atoms with van der Waals surface area (Å²) in [4.78, 5) is 25.9. The number of hydrogen-bond donors (Lipinski definition) is 2. The van der Waals surface area contributed by atoms with Crippen molar-refractivity contribution in [3.63, 3.8) is 0 Å². The van der Waals surface area contributed by atoms with E-state index in [1.807, 2.05) is 13.8 Å². The molecule has 0 saturated carbocycles. The van der Waals surface area contributed by atoms with Crippen molar-refractivity contribution in [1.29, 1.82) is 0 Å². The van der Waals surface area contributed by atoms with Gasteiger partial charge in [0.15, 0.2) is 0 Å². The molecule has 2 atom stereocenters. The molecule has 3 amide bonds. The molecule has 1 aliphatic carbocycles. The van der Waals surface area contributed by atoms with E-state index in [1.165, 1.54) is 16.9 Å². The van der Waals surface area contributed by atoms with Gasteiger partial charge in [-0.25, -0.2) is 4.79 Å². The molecular weight excluding hydrogens is 384 g/mol. The standard InChI is InChI=1S/C18H24N4O3S2/c1-4-11(3)19-17(24)20-15(23)9-26-18-22-21-16(25-18)14-8-12-7-10(2)5-6-13(12)27-14/h8,10-11H,4-7,9H2,1-3H3,(H2,19,20,23,24)/t10-,11-/m1/s1. The van der Waals surface area contributed by atoms with Crippen LogP contribution in [0.3, 0.4) is 0 Å². The first-order chi connectivity index (χ1) is 12.9. The number of hydrogen-bond acceptors (Lipinski definition) is 7. The van der Waals surface area contributed by atoms with E-state index in [2.05, 4.69) is 33.8 Å². The van der Waals surface area contributed by atoms with Gasteiger partial charge < -0.3 is 9.73 Å². The predicted octanol–water partition coefficient (Wildman–Crippen LogP) is 3.64. The van der Waals surface area contributed by atoms with E-state index in [1.54, 1.807) is 11.3 Å². The molecule has 2 heterocycles. The third-order valence-corrected chi connectivity index (χ3v) is 6.56. The van der Waals surface area contributed by atoms with Crippen molar-refractivity contribution in [3.8, 4) is 10.8 Å². The normalized spacial score (nSPS) is 17.2. The zero-order valence-corrected chi connectivity index (χ0v) is 17.3. The van der Waals surface area contributed by atoms with Gasteiger partial charge >= 0.3 is 6.03 Å². The van der Waals surface area contributed by atoms with Crippen LogP contribution < -0.4 is 10.6 Å². The second kappa shape index (κ2) is 8.88. The largest absolute Gasteiger partial charge is 0.410 e. The summed E-state index contributed by atoms with van der Waals surface area (Å²) in [5.74, 6) is 0.832. The number of aryl methyl sites for hydroxylation is 1. The molecule has 7 nitrogen and oxygen atoms in total. The summed E-state index contributed by atoms with van der Waals surface area (Å²) in [5, 5.41) is 13.4. The lowest BCUT2D eigenvalue weighted by Gasteiger charge is -2.16. The Balaban J connectivity index is 1.53. The highest BCUT2D eigenvalue weighted by molar-refractivity contribution is 7.99. The fraction of sp³-hybridized carbons (Fsp3) is 0.556. The number of imide groups is 1. The lowest BCUT2D eigenvalue weighted by Crippen LogP contribution is -2.43. The van der Waals surface area contributed by atoms with Crippen LogP contribution in [0.1, 0.15) is 44.1 Å². The summed E-state index contributed by atoms with van der Waals surface area (Å²) < 4.78 is 5.68. The van der Waals surface area contributed by atoms with E-state index in [4.69, 9.17) is 4.42 Å². The van der Waals surface area contributed by atoms with Crippen LogP contribution in [-0.2, 0) is 17.6 Å². The molecule has 0 radical (unpaired) electrons. The van der Waals surface area contributed by atoms with Gasteiger partial charge in [0, 0.05) is 10.9 Å². The van der Waals surface area contributed by atoms with Crippen LogP contribution in [-0.4, -0.2) is 33.9 Å². The Morgan fingerprint density at radius 1 is 1.44 bits per heavy atom. The number of urea groups is 1. The summed E-state index contributed by atoms with van der Waals surface area (Å²) in [6.07, 6.45) is 4.22. The Labute approximate surface area is 166 Å². The molecule has 3 rings (SSSR count). The molecule has 0 bridgehead atoms. The van der Waals surface area contributed by atoms with Gasteiger partial charge in [0.25, 0.3) is 11.1 Å². The van der Waals surface area contributed by atoms with Crippen molar-refractivity contribution in [3.05, 3.63) is 16.5 Å². The highest BCUT2D eigenvalue weighted by Gasteiger charge is 2.21. The monoisotopic (exact) mass is 408 g/mol. The van der Waals surface area contributed by atoms with Gasteiger partial charge in [0.1, 0.15) is 0 Å². The molecule has 9 heteroatoms. The Hall–Kier alpha value is -1.87. The third kappa shape index (κ3) is 5.32. The maximum Gasteiger partial charge on any atom is 0.321 e. The second-order valence-electron chi connectivity index (χ2n) is 6.90.